The summed E-state index contributed by atoms with van der Waals surface area (Å²) in [6.45, 7) is 1.38. The molecule has 3 aliphatic rings. The molecule has 2 aromatic heterocycles. The lowest BCUT2D eigenvalue weighted by molar-refractivity contribution is -0.165. The van der Waals surface area contributed by atoms with Gasteiger partial charge in [0.1, 0.15) is 42.6 Å². The first-order chi connectivity index (χ1) is 29.6. The molecule has 296 valence electrons. The quantitative estimate of drug-likeness (QED) is 0.0589. The van der Waals surface area contributed by atoms with Gasteiger partial charge in [-0.3, -0.25) is 9.78 Å². The van der Waals surface area contributed by atoms with Crippen molar-refractivity contribution < 1.29 is 49.2 Å². The minimum absolute atomic E-state index is 0.0299. The van der Waals surface area contributed by atoms with Gasteiger partial charge < -0.3 is 44.8 Å². The predicted molar refractivity (Wildman–Crippen MR) is 234 cm³/mol. The molecule has 0 spiro atoms. The largest absolute Gasteiger partial charge is 0.511 e. The van der Waals surface area contributed by atoms with Crippen LogP contribution < -0.4 is 37.2 Å². The van der Waals surface area contributed by atoms with Crippen LogP contribution in [0, 0.1) is 0 Å². The van der Waals surface area contributed by atoms with Crippen LogP contribution in [0.1, 0.15) is 35.3 Å². The van der Waals surface area contributed by atoms with Crippen molar-refractivity contribution in [1.29, 1.82) is 0 Å². The number of aliphatic hydroxyl groups is 2. The maximum atomic E-state index is 12.5. The summed E-state index contributed by atoms with van der Waals surface area (Å²) in [6, 6.07) is 31.1. The third-order valence-electron chi connectivity index (χ3n) is 11.6. The van der Waals surface area contributed by atoms with Gasteiger partial charge in [-0.1, -0.05) is 78.9 Å². The van der Waals surface area contributed by atoms with Crippen molar-refractivity contribution in [2.75, 3.05) is 0 Å². The Morgan fingerprint density at radius 3 is 2.23 bits per heavy atom. The number of fused-ring (bicyclic) bond motifs is 3. The van der Waals surface area contributed by atoms with Gasteiger partial charge in [0, 0.05) is 49.1 Å². The van der Waals surface area contributed by atoms with Crippen molar-refractivity contribution in [3.05, 3.63) is 142 Å². The van der Waals surface area contributed by atoms with E-state index >= 15 is 0 Å². The number of aliphatic hydroxyl groups excluding tert-OH is 2. The summed E-state index contributed by atoms with van der Waals surface area (Å²) in [6.07, 6.45) is -0.551. The monoisotopic (exact) mass is 807 g/mol. The predicted octanol–water partition coefficient (Wildman–Crippen LogP) is 3.88. The fourth-order valence-corrected chi connectivity index (χ4v) is 8.69. The number of nitrogens with one attached hydrogen (secondary N) is 1. The molecule has 13 nitrogen and oxygen atoms in total. The Balaban J connectivity index is 1.15. The first kappa shape index (κ1) is 35.9. The molecular formula is C46H31B2N3O10. The normalized spacial score (nSPS) is 16.6. The number of allylic oxidation sites excluding steroid dienone is 1. The second kappa shape index (κ2) is 13.2. The molecule has 1 atom stereocenters. The molecule has 0 radical (unpaired) electrons. The first-order valence-corrected chi connectivity index (χ1v) is 19.3. The average molecular weight is 807 g/mol. The van der Waals surface area contributed by atoms with E-state index in [1.807, 2.05) is 97.1 Å². The van der Waals surface area contributed by atoms with E-state index in [1.165, 1.54) is 14.8 Å². The Morgan fingerprint density at radius 1 is 0.754 bits per heavy atom. The van der Waals surface area contributed by atoms with Crippen LogP contribution in [0.4, 0.5) is 0 Å². The summed E-state index contributed by atoms with van der Waals surface area (Å²) in [5.41, 5.74) is 5.02. The molecule has 0 fully saturated rings. The van der Waals surface area contributed by atoms with E-state index in [0.29, 0.717) is 28.8 Å². The van der Waals surface area contributed by atoms with Crippen LogP contribution in [0.15, 0.2) is 128 Å². The third-order valence-corrected chi connectivity index (χ3v) is 11.6. The number of furan rings is 2. The van der Waals surface area contributed by atoms with Gasteiger partial charge in [-0.05, 0) is 47.2 Å². The fraction of sp³-hybridized carbons (Fsp3) is 0.0435. The number of amidine groups is 2. The Morgan fingerprint density at radius 2 is 1.46 bits per heavy atom. The van der Waals surface area contributed by atoms with Crippen molar-refractivity contribution in [2.24, 2.45) is 9.98 Å². The van der Waals surface area contributed by atoms with Crippen LogP contribution in [-0.4, -0.2) is 57.4 Å². The van der Waals surface area contributed by atoms with Crippen LogP contribution in [-0.2, 0) is 4.89 Å². The maximum Gasteiger partial charge on any atom is 0.221 e. The molecule has 0 saturated heterocycles. The highest BCUT2D eigenvalue weighted by Crippen LogP contribution is 2.43. The van der Waals surface area contributed by atoms with E-state index in [-0.39, 0.29) is 85.1 Å². The molecule has 5 heterocycles. The van der Waals surface area contributed by atoms with Crippen molar-refractivity contribution in [3.63, 3.8) is 0 Å². The number of hydrogen-bond donors (Lipinski definition) is 7. The van der Waals surface area contributed by atoms with Gasteiger partial charge in [-0.15, -0.1) is 0 Å². The second-order valence-corrected chi connectivity index (χ2v) is 15.1. The Bertz CT molecular complexity index is 3460. The number of nitrogens with zero attached hydrogens (tertiary/aromatic N) is 2. The Hall–Kier alpha value is -8.19. The maximum absolute atomic E-state index is 12.5. The van der Waals surface area contributed by atoms with Gasteiger partial charge in [-0.25, -0.2) is 9.98 Å². The molecule has 61 heavy (non-hydrogen) atoms. The number of rotatable bonds is 4. The summed E-state index contributed by atoms with van der Waals surface area (Å²) < 4.78 is 12.5. The first-order valence-electron chi connectivity index (χ1n) is 19.3. The minimum Gasteiger partial charge on any atom is -0.511 e. The summed E-state index contributed by atoms with van der Waals surface area (Å²) in [4.78, 5) is 21.0. The average Bonchev–Trinajstić information content (AvgIpc) is 3.83. The fourth-order valence-electron chi connectivity index (χ4n) is 8.69. The number of para-hydroxylation sites is 1. The summed E-state index contributed by atoms with van der Waals surface area (Å²) in [5, 5.41) is 74.4. The Kier molecular flexibility index (Phi) is 7.75. The highest BCUT2D eigenvalue weighted by Gasteiger charge is 2.40. The van der Waals surface area contributed by atoms with Gasteiger partial charge in [-0.2, -0.15) is 0 Å². The van der Waals surface area contributed by atoms with Gasteiger partial charge in [0.2, 0.25) is 13.0 Å². The van der Waals surface area contributed by atoms with E-state index in [9.17, 15) is 30.6 Å². The molecule has 15 heteroatoms. The molecule has 7 N–H and O–H groups in total. The van der Waals surface area contributed by atoms with E-state index in [1.54, 1.807) is 0 Å². The number of phenolic OH excluding ortho intramolecular Hbond substituents is 4. The van der Waals surface area contributed by atoms with Crippen molar-refractivity contribution in [1.82, 2.24) is 5.32 Å². The molecule has 0 bridgehead atoms. The van der Waals surface area contributed by atoms with Gasteiger partial charge >= 0.3 is 0 Å². The van der Waals surface area contributed by atoms with E-state index in [2.05, 4.69) is 5.32 Å². The molecule has 0 saturated carbocycles. The summed E-state index contributed by atoms with van der Waals surface area (Å²) >= 11 is 0. The number of phenols is 4. The molecule has 3 aliphatic heterocycles. The molecule has 0 aliphatic carbocycles. The lowest BCUT2D eigenvalue weighted by Gasteiger charge is -2.26. The van der Waals surface area contributed by atoms with Crippen LogP contribution in [0.5, 0.6) is 28.7 Å². The minimum atomic E-state index is -1.20. The molecule has 6 aromatic carbocycles. The summed E-state index contributed by atoms with van der Waals surface area (Å²) in [5.74, 6) is -1.76. The van der Waals surface area contributed by atoms with Gasteiger partial charge in [0.25, 0.3) is 0 Å². The van der Waals surface area contributed by atoms with Crippen LogP contribution >= 0.6 is 0 Å². The van der Waals surface area contributed by atoms with Crippen LogP contribution in [0.2, 0.25) is 0 Å². The standard InChI is InChI=1S/C46H31B2N3O10/c1-19(53)41-30-29-28(18-52)60-61-42-31(29)36(40(57)39(56)34(42)47)48-35-32(30)43(59-41)38(55)33(37(35)54)46-50-44(22-13-11-21(12-14-22)20-7-3-2-4-8-20)49-45(51-46)23-15-16-25-24-9-5-6-10-26(24)58-27(25)17-23/h2-18,46,48,52-57H,47H2,1H3,(H,49,50,51)/b28-18-,41-19-. The number of aliphatic imine (C=N–C) groups is 2. The molecule has 0 amide bonds. The number of benzene rings is 6. The second-order valence-electron chi connectivity index (χ2n) is 15.1. The molecule has 1 unspecified atom stereocenters. The zero-order valence-electron chi connectivity index (χ0n) is 32.3. The zero-order valence-corrected chi connectivity index (χ0v) is 32.3. The summed E-state index contributed by atoms with van der Waals surface area (Å²) in [7, 11) is 1.27. The van der Waals surface area contributed by atoms with E-state index in [4.69, 9.17) is 28.6 Å². The third kappa shape index (κ3) is 5.23. The van der Waals surface area contributed by atoms with Crippen LogP contribution in [0.25, 0.3) is 55.4 Å². The van der Waals surface area contributed by atoms with Crippen molar-refractivity contribution in [2.45, 2.75) is 13.1 Å². The van der Waals surface area contributed by atoms with Crippen LogP contribution in [0.3, 0.4) is 0 Å². The number of hydrogen-bond acceptors (Lipinski definition) is 13. The van der Waals surface area contributed by atoms with Gasteiger partial charge in [0.15, 0.2) is 46.0 Å². The molecular weight excluding hydrogens is 776 g/mol. The van der Waals surface area contributed by atoms with E-state index < -0.39 is 29.2 Å². The smallest absolute Gasteiger partial charge is 0.221 e. The zero-order chi connectivity index (χ0) is 41.8. The van der Waals surface area contributed by atoms with E-state index in [0.717, 1.165) is 27.5 Å². The SMILES string of the molecule is Bc1c(O)c(O)c2c3c1OO/C(=C\O)C3=c1/c(=C(\C)O)oc3c(O)c(C4N=C(c5ccc6c(c5)oc5ccccc56)N=C(c5ccc(-c6ccccc6)cc5)N4)c(O)c(c13)B2. The highest BCUT2D eigenvalue weighted by molar-refractivity contribution is 6.73. The van der Waals surface area contributed by atoms with Crippen molar-refractivity contribution >= 4 is 87.4 Å². The molecule has 11 rings (SSSR count). The lowest BCUT2D eigenvalue weighted by atomic mass is 9.59. The molecule has 8 aromatic rings. The number of aromatic hydroxyl groups is 4. The van der Waals surface area contributed by atoms with Crippen molar-refractivity contribution in [3.8, 4) is 39.9 Å². The van der Waals surface area contributed by atoms with Gasteiger partial charge in [0.05, 0.1) is 5.56 Å². The highest BCUT2D eigenvalue weighted by atomic mass is 17.2. The Labute approximate surface area is 346 Å². The topological polar surface area (TPSA) is 203 Å². The lowest BCUT2D eigenvalue weighted by Crippen LogP contribution is -2.36.